The first-order chi connectivity index (χ1) is 16.3. The van der Waals surface area contributed by atoms with Crippen LogP contribution >= 0.6 is 0 Å². The second-order valence-corrected chi connectivity index (χ2v) is 8.98. The summed E-state index contributed by atoms with van der Waals surface area (Å²) in [4.78, 5) is 15.8. The molecule has 4 heterocycles. The average molecular weight is 453 g/mol. The Morgan fingerprint density at radius 1 is 1.06 bits per heavy atom. The molecule has 170 valence electrons. The molecule has 0 saturated carbocycles. The molecule has 0 unspecified atom stereocenters. The minimum absolute atomic E-state index is 0.245. The molecule has 9 heteroatoms. The predicted molar refractivity (Wildman–Crippen MR) is 128 cm³/mol. The van der Waals surface area contributed by atoms with Crippen molar-refractivity contribution < 1.29 is 4.42 Å². The van der Waals surface area contributed by atoms with Crippen molar-refractivity contribution in [2.24, 2.45) is 5.73 Å². The maximum atomic E-state index is 9.45. The third-order valence-electron chi connectivity index (χ3n) is 5.95. The molecule has 34 heavy (non-hydrogen) atoms. The van der Waals surface area contributed by atoms with E-state index in [2.05, 4.69) is 31.1 Å². The molecule has 1 fully saturated rings. The van der Waals surface area contributed by atoms with Gasteiger partial charge in [0, 0.05) is 42.1 Å². The molecule has 0 aliphatic carbocycles. The van der Waals surface area contributed by atoms with Gasteiger partial charge in [0.05, 0.1) is 34.8 Å². The van der Waals surface area contributed by atoms with Gasteiger partial charge in [0.1, 0.15) is 5.69 Å². The van der Waals surface area contributed by atoms with Crippen LogP contribution in [0.1, 0.15) is 25.2 Å². The number of rotatable bonds is 5. The van der Waals surface area contributed by atoms with Crippen molar-refractivity contribution in [3.63, 3.8) is 0 Å². The monoisotopic (exact) mass is 452 g/mol. The topological polar surface area (TPSA) is 131 Å². The summed E-state index contributed by atoms with van der Waals surface area (Å²) in [7, 11) is 0. The normalized spacial score (nSPS) is 14.0. The first-order valence-electron chi connectivity index (χ1n) is 11.0. The van der Waals surface area contributed by atoms with Gasteiger partial charge in [-0.15, -0.1) is 10.2 Å². The van der Waals surface area contributed by atoms with Crippen LogP contribution in [0, 0.1) is 18.3 Å². The summed E-state index contributed by atoms with van der Waals surface area (Å²) in [6, 6.07) is 14.2. The van der Waals surface area contributed by atoms with Gasteiger partial charge in [-0.25, -0.2) is 4.98 Å². The second kappa shape index (κ2) is 8.32. The van der Waals surface area contributed by atoms with Crippen molar-refractivity contribution in [3.05, 3.63) is 60.2 Å². The van der Waals surface area contributed by atoms with Gasteiger partial charge in [-0.2, -0.15) is 5.26 Å². The Morgan fingerprint density at radius 3 is 2.50 bits per heavy atom. The molecular weight excluding hydrogens is 428 g/mol. The fourth-order valence-electron chi connectivity index (χ4n) is 3.75. The SMILES string of the molecule is Cc1ncc(-c2ccnc(C(C)(C)C#N)c2)nc1-c1nnc(-c2ccc(N3CC(N)C3)cc2)o1. The Balaban J connectivity index is 1.43. The first-order valence-corrected chi connectivity index (χ1v) is 11.0. The molecule has 0 bridgehead atoms. The largest absolute Gasteiger partial charge is 0.415 e. The van der Waals surface area contributed by atoms with Gasteiger partial charge < -0.3 is 15.1 Å². The Bertz CT molecular complexity index is 1380. The molecule has 1 aliphatic rings. The number of nitrogens with two attached hydrogens (primary N) is 1. The Morgan fingerprint density at radius 2 is 1.79 bits per heavy atom. The summed E-state index contributed by atoms with van der Waals surface area (Å²) in [5.74, 6) is 0.710. The number of aryl methyl sites for hydroxylation is 1. The van der Waals surface area contributed by atoms with E-state index in [-0.39, 0.29) is 6.04 Å². The average Bonchev–Trinajstić information content (AvgIpc) is 3.33. The molecule has 1 aliphatic heterocycles. The van der Waals surface area contributed by atoms with E-state index in [1.807, 2.05) is 57.2 Å². The fourth-order valence-corrected chi connectivity index (χ4v) is 3.75. The van der Waals surface area contributed by atoms with Crippen LogP contribution in [-0.4, -0.2) is 44.3 Å². The number of nitrogens with zero attached hydrogens (tertiary/aromatic N) is 7. The fraction of sp³-hybridized carbons (Fsp3) is 0.280. The summed E-state index contributed by atoms with van der Waals surface area (Å²) in [5.41, 5.74) is 10.4. The molecule has 0 radical (unpaired) electrons. The third-order valence-corrected chi connectivity index (χ3v) is 5.95. The van der Waals surface area contributed by atoms with Crippen molar-refractivity contribution in [2.75, 3.05) is 18.0 Å². The van der Waals surface area contributed by atoms with Gasteiger partial charge in [-0.05, 0) is 57.2 Å². The van der Waals surface area contributed by atoms with Crippen molar-refractivity contribution >= 4 is 5.69 Å². The van der Waals surface area contributed by atoms with Crippen LogP contribution in [0.2, 0.25) is 0 Å². The molecule has 4 aromatic rings. The molecule has 3 aromatic heterocycles. The quantitative estimate of drug-likeness (QED) is 0.483. The lowest BCUT2D eigenvalue weighted by Gasteiger charge is -2.38. The number of hydrogen-bond acceptors (Lipinski definition) is 9. The van der Waals surface area contributed by atoms with E-state index in [1.54, 1.807) is 12.4 Å². The van der Waals surface area contributed by atoms with Gasteiger partial charge in [-0.3, -0.25) is 9.97 Å². The lowest BCUT2D eigenvalue weighted by Crippen LogP contribution is -2.55. The molecule has 1 saturated heterocycles. The number of anilines is 1. The molecule has 0 atom stereocenters. The number of pyridine rings is 1. The highest BCUT2D eigenvalue weighted by atomic mass is 16.4. The standard InChI is InChI=1S/C25H24N8O/c1-15-22(30-20(11-29-15)17-8-9-28-21(10-17)25(2,3)14-26)24-32-31-23(34-24)16-4-6-19(7-5-16)33-12-18(27)13-33/h4-11,18H,12-13,27H2,1-3H3. The Hall–Kier alpha value is -4.16. The number of hydrogen-bond donors (Lipinski definition) is 1. The first kappa shape index (κ1) is 21.7. The third kappa shape index (κ3) is 4.00. The Labute approximate surface area is 197 Å². The predicted octanol–water partition coefficient (Wildman–Crippen LogP) is 3.51. The van der Waals surface area contributed by atoms with Crippen molar-refractivity contribution in [1.82, 2.24) is 25.1 Å². The molecule has 5 rings (SSSR count). The van der Waals surface area contributed by atoms with Crippen LogP contribution in [0.4, 0.5) is 5.69 Å². The zero-order chi connectivity index (χ0) is 23.9. The zero-order valence-electron chi connectivity index (χ0n) is 19.2. The van der Waals surface area contributed by atoms with Crippen LogP contribution in [0.3, 0.4) is 0 Å². The summed E-state index contributed by atoms with van der Waals surface area (Å²) in [5, 5.41) is 17.9. The van der Waals surface area contributed by atoms with Gasteiger partial charge in [0.25, 0.3) is 5.89 Å². The minimum Gasteiger partial charge on any atom is -0.415 e. The molecule has 2 N–H and O–H groups in total. The number of aromatic nitrogens is 5. The van der Waals surface area contributed by atoms with Crippen molar-refractivity contribution in [3.8, 4) is 40.4 Å². The lowest BCUT2D eigenvalue weighted by molar-refractivity contribution is 0.519. The highest BCUT2D eigenvalue weighted by Gasteiger charge is 2.24. The number of benzene rings is 1. The van der Waals surface area contributed by atoms with Crippen molar-refractivity contribution in [2.45, 2.75) is 32.2 Å². The highest BCUT2D eigenvalue weighted by molar-refractivity contribution is 5.65. The van der Waals surface area contributed by atoms with E-state index in [1.165, 1.54) is 0 Å². The lowest BCUT2D eigenvalue weighted by atomic mass is 9.90. The van der Waals surface area contributed by atoms with Crippen LogP contribution in [-0.2, 0) is 5.41 Å². The summed E-state index contributed by atoms with van der Waals surface area (Å²) < 4.78 is 5.97. The van der Waals surface area contributed by atoms with Crippen LogP contribution < -0.4 is 10.6 Å². The van der Waals surface area contributed by atoms with E-state index in [9.17, 15) is 5.26 Å². The van der Waals surface area contributed by atoms with E-state index in [4.69, 9.17) is 15.1 Å². The van der Waals surface area contributed by atoms with Crippen molar-refractivity contribution in [1.29, 1.82) is 5.26 Å². The smallest absolute Gasteiger partial charge is 0.268 e. The van der Waals surface area contributed by atoms with Gasteiger partial charge in [0.2, 0.25) is 5.89 Å². The molecule has 0 amide bonds. The number of nitriles is 1. The minimum atomic E-state index is -0.713. The van der Waals surface area contributed by atoms with E-state index < -0.39 is 5.41 Å². The van der Waals surface area contributed by atoms with E-state index in [0.717, 1.165) is 29.9 Å². The van der Waals surface area contributed by atoms with Gasteiger partial charge in [0.15, 0.2) is 0 Å². The van der Waals surface area contributed by atoms with E-state index in [0.29, 0.717) is 34.6 Å². The second-order valence-electron chi connectivity index (χ2n) is 8.98. The molecular formula is C25H24N8O. The van der Waals surface area contributed by atoms with Crippen LogP contribution in [0.15, 0.2) is 53.2 Å². The maximum absolute atomic E-state index is 9.45. The molecule has 9 nitrogen and oxygen atoms in total. The zero-order valence-corrected chi connectivity index (χ0v) is 19.2. The summed E-state index contributed by atoms with van der Waals surface area (Å²) in [6.45, 7) is 7.24. The maximum Gasteiger partial charge on any atom is 0.268 e. The summed E-state index contributed by atoms with van der Waals surface area (Å²) in [6.07, 6.45) is 3.36. The van der Waals surface area contributed by atoms with Gasteiger partial charge >= 0.3 is 0 Å². The van der Waals surface area contributed by atoms with Gasteiger partial charge in [-0.1, -0.05) is 0 Å². The molecule has 1 aromatic carbocycles. The van der Waals surface area contributed by atoms with E-state index >= 15 is 0 Å². The molecule has 0 spiro atoms. The Kier molecular flexibility index (Phi) is 5.30. The summed E-state index contributed by atoms with van der Waals surface area (Å²) >= 11 is 0. The highest BCUT2D eigenvalue weighted by Crippen LogP contribution is 2.29. The van der Waals surface area contributed by atoms with Crippen LogP contribution in [0.25, 0.3) is 34.3 Å². The van der Waals surface area contributed by atoms with Crippen LogP contribution in [0.5, 0.6) is 0 Å².